The fourth-order valence-corrected chi connectivity index (χ4v) is 6.64. The molecule has 0 heterocycles. The summed E-state index contributed by atoms with van der Waals surface area (Å²) in [5.74, 6) is 1.68. The van der Waals surface area contributed by atoms with Gasteiger partial charge in [0.15, 0.2) is 16.6 Å². The first-order chi connectivity index (χ1) is 10.6. The lowest BCUT2D eigenvalue weighted by Gasteiger charge is -2.39. The number of fused-ring (bicyclic) bond motifs is 1. The van der Waals surface area contributed by atoms with E-state index in [1.807, 2.05) is 0 Å². The van der Waals surface area contributed by atoms with Crippen molar-refractivity contribution in [3.05, 3.63) is 0 Å². The lowest BCUT2D eigenvalue weighted by molar-refractivity contribution is 0.146. The molecule has 2 nitrogen and oxygen atoms in total. The van der Waals surface area contributed by atoms with Crippen LogP contribution < -0.4 is 0 Å². The Balaban J connectivity index is 1.88. The maximum Gasteiger partial charge on any atom is 0.192 e. The highest BCUT2D eigenvalue weighted by molar-refractivity contribution is 6.74. The maximum atomic E-state index is 6.70. The predicted molar refractivity (Wildman–Crippen MR) is 110 cm³/mol. The molecule has 0 bridgehead atoms. The van der Waals surface area contributed by atoms with Crippen molar-refractivity contribution in [1.29, 1.82) is 0 Å². The Morgan fingerprint density at radius 2 is 0.833 bits per heavy atom. The van der Waals surface area contributed by atoms with Gasteiger partial charge in [-0.25, -0.2) is 0 Å². The molecule has 24 heavy (non-hydrogen) atoms. The largest absolute Gasteiger partial charge is 0.414 e. The van der Waals surface area contributed by atoms with Crippen LogP contribution >= 0.6 is 0 Å². The van der Waals surface area contributed by atoms with Crippen LogP contribution in [0.4, 0.5) is 0 Å². The summed E-state index contributed by atoms with van der Waals surface area (Å²) in [7, 11) is -3.24. The molecule has 2 aliphatic rings. The van der Waals surface area contributed by atoms with Crippen molar-refractivity contribution < 1.29 is 8.85 Å². The first kappa shape index (κ1) is 20.7. The molecule has 0 radical (unpaired) electrons. The Labute approximate surface area is 153 Å². The summed E-state index contributed by atoms with van der Waals surface area (Å²) in [6.07, 6.45) is 6.11. The van der Waals surface area contributed by atoms with Crippen LogP contribution in [0.15, 0.2) is 0 Å². The lowest BCUT2D eigenvalue weighted by atomic mass is 10.0. The van der Waals surface area contributed by atoms with E-state index in [2.05, 4.69) is 67.7 Å². The third-order valence-corrected chi connectivity index (χ3v) is 16.5. The quantitative estimate of drug-likeness (QED) is 0.520. The Hall–Kier alpha value is 0.354. The molecule has 4 heteroatoms. The number of hydrogen-bond acceptors (Lipinski definition) is 2. The topological polar surface area (TPSA) is 18.5 Å². The van der Waals surface area contributed by atoms with Crippen molar-refractivity contribution in [1.82, 2.24) is 0 Å². The van der Waals surface area contributed by atoms with Crippen LogP contribution in [-0.2, 0) is 8.85 Å². The highest BCUT2D eigenvalue weighted by atomic mass is 28.4. The fourth-order valence-electron chi connectivity index (χ4n) is 3.88. The van der Waals surface area contributed by atoms with Crippen LogP contribution in [0.2, 0.25) is 36.3 Å². The van der Waals surface area contributed by atoms with Gasteiger partial charge in [-0.15, -0.1) is 0 Å². The minimum absolute atomic E-state index is 0.318. The van der Waals surface area contributed by atoms with E-state index >= 15 is 0 Å². The molecule has 0 aromatic rings. The molecule has 0 amide bonds. The maximum absolute atomic E-state index is 6.70. The van der Waals surface area contributed by atoms with E-state index in [0.29, 0.717) is 22.3 Å². The molecule has 2 saturated carbocycles. The number of rotatable bonds is 4. The van der Waals surface area contributed by atoms with Crippen LogP contribution in [-0.4, -0.2) is 28.8 Å². The summed E-state index contributed by atoms with van der Waals surface area (Å²) in [5.41, 5.74) is 0. The van der Waals surface area contributed by atoms with Gasteiger partial charge in [0.2, 0.25) is 0 Å². The van der Waals surface area contributed by atoms with Crippen molar-refractivity contribution in [2.75, 3.05) is 0 Å². The summed E-state index contributed by atoms with van der Waals surface area (Å²) >= 11 is 0. The summed E-state index contributed by atoms with van der Waals surface area (Å²) < 4.78 is 13.4. The second kappa shape index (κ2) is 6.51. The van der Waals surface area contributed by atoms with E-state index in [1.54, 1.807) is 0 Å². The molecule has 2 aliphatic carbocycles. The van der Waals surface area contributed by atoms with Crippen molar-refractivity contribution in [2.45, 2.75) is 116 Å². The van der Waals surface area contributed by atoms with Crippen LogP contribution in [0.25, 0.3) is 0 Å². The molecule has 0 unspecified atom stereocenters. The molecular formula is C20H42O2Si2. The summed E-state index contributed by atoms with van der Waals surface area (Å²) in [6, 6.07) is 0. The first-order valence-corrected chi connectivity index (χ1v) is 15.8. The molecule has 0 atom stereocenters. The van der Waals surface area contributed by atoms with E-state index < -0.39 is 16.6 Å². The Kier molecular flexibility index (Phi) is 5.60. The zero-order valence-electron chi connectivity index (χ0n) is 18.0. The molecular weight excluding hydrogens is 328 g/mol. The molecule has 0 N–H and O–H groups in total. The van der Waals surface area contributed by atoms with Crippen molar-refractivity contribution in [3.63, 3.8) is 0 Å². The molecule has 0 aromatic heterocycles. The molecule has 0 aliphatic heterocycles. The standard InChI is InChI=1S/C20H42O2Si2/c1-19(2,3)23(7,8)21-17-11-15-13-18(14-16(15)12-17)22-24(9,10)20(4,5)6/h15-18H,11-14H2,1-10H3. The second-order valence-electron chi connectivity index (χ2n) is 11.5. The van der Waals surface area contributed by atoms with Crippen molar-refractivity contribution >= 4 is 16.6 Å². The predicted octanol–water partition coefficient (Wildman–Crippen LogP) is 6.59. The molecule has 0 saturated heterocycles. The van der Waals surface area contributed by atoms with Gasteiger partial charge in [0.05, 0.1) is 0 Å². The molecule has 2 rings (SSSR count). The van der Waals surface area contributed by atoms with Gasteiger partial charge in [-0.1, -0.05) is 41.5 Å². The van der Waals surface area contributed by atoms with Gasteiger partial charge < -0.3 is 8.85 Å². The summed E-state index contributed by atoms with van der Waals surface area (Å²) in [4.78, 5) is 0. The van der Waals surface area contributed by atoms with E-state index in [0.717, 1.165) is 11.8 Å². The average molecular weight is 371 g/mol. The molecule has 142 valence electrons. The first-order valence-electron chi connectivity index (χ1n) is 9.98. The molecule has 0 aromatic carbocycles. The third-order valence-electron chi connectivity index (χ3n) is 7.46. The van der Waals surface area contributed by atoms with Gasteiger partial charge in [-0.2, -0.15) is 0 Å². The Morgan fingerprint density at radius 1 is 0.583 bits per heavy atom. The minimum Gasteiger partial charge on any atom is -0.414 e. The normalized spacial score (nSPS) is 32.2. The van der Waals surface area contributed by atoms with Crippen LogP contribution in [0.1, 0.15) is 67.2 Å². The Bertz CT molecular complexity index is 392. The second-order valence-corrected chi connectivity index (χ2v) is 21.0. The monoisotopic (exact) mass is 370 g/mol. The van der Waals surface area contributed by atoms with Gasteiger partial charge in [-0.05, 0) is 73.8 Å². The van der Waals surface area contributed by atoms with E-state index in [-0.39, 0.29) is 0 Å². The van der Waals surface area contributed by atoms with Crippen molar-refractivity contribution in [3.8, 4) is 0 Å². The highest BCUT2D eigenvalue weighted by Crippen LogP contribution is 2.50. The zero-order valence-corrected chi connectivity index (χ0v) is 20.0. The lowest BCUT2D eigenvalue weighted by Crippen LogP contribution is -2.44. The number of hydrogen-bond donors (Lipinski definition) is 0. The van der Waals surface area contributed by atoms with Gasteiger partial charge >= 0.3 is 0 Å². The molecule has 0 spiro atoms. The van der Waals surface area contributed by atoms with E-state index in [1.165, 1.54) is 25.7 Å². The third kappa shape index (κ3) is 4.36. The smallest absolute Gasteiger partial charge is 0.192 e. The van der Waals surface area contributed by atoms with Gasteiger partial charge in [0.25, 0.3) is 0 Å². The zero-order chi connectivity index (χ0) is 18.6. The van der Waals surface area contributed by atoms with E-state index in [9.17, 15) is 0 Å². The van der Waals surface area contributed by atoms with E-state index in [4.69, 9.17) is 8.85 Å². The van der Waals surface area contributed by atoms with Crippen LogP contribution in [0.3, 0.4) is 0 Å². The fraction of sp³-hybridized carbons (Fsp3) is 1.00. The Morgan fingerprint density at radius 3 is 1.04 bits per heavy atom. The SMILES string of the molecule is CC(C)(C)[Si](C)(C)OC1CC2CC(O[Si](C)(C)C(C)(C)C)CC2C1. The van der Waals surface area contributed by atoms with Gasteiger partial charge in [0, 0.05) is 12.2 Å². The van der Waals surface area contributed by atoms with Crippen molar-refractivity contribution in [2.24, 2.45) is 11.8 Å². The van der Waals surface area contributed by atoms with Gasteiger partial charge in [0.1, 0.15) is 0 Å². The summed E-state index contributed by atoms with van der Waals surface area (Å²) in [5, 5.41) is 0.636. The van der Waals surface area contributed by atoms with Crippen LogP contribution in [0.5, 0.6) is 0 Å². The summed E-state index contributed by atoms with van der Waals surface area (Å²) in [6.45, 7) is 23.6. The highest BCUT2D eigenvalue weighted by Gasteiger charge is 2.48. The average Bonchev–Trinajstić information content (AvgIpc) is 2.81. The van der Waals surface area contributed by atoms with Crippen LogP contribution in [0, 0.1) is 11.8 Å². The molecule has 2 fully saturated rings. The minimum atomic E-state index is -1.62. The van der Waals surface area contributed by atoms with Gasteiger partial charge in [-0.3, -0.25) is 0 Å².